The number of amides is 2. The molecule has 1 heterocycles. The van der Waals surface area contributed by atoms with Crippen molar-refractivity contribution < 1.29 is 9.18 Å². The van der Waals surface area contributed by atoms with Gasteiger partial charge in [0, 0.05) is 5.56 Å². The number of fused-ring (bicyclic) bond motifs is 1. The molecule has 0 unspecified atom stereocenters. The number of urea groups is 1. The summed E-state index contributed by atoms with van der Waals surface area (Å²) in [5, 5.41) is 7.08. The predicted octanol–water partition coefficient (Wildman–Crippen LogP) is 1.99. The van der Waals surface area contributed by atoms with Gasteiger partial charge >= 0.3 is 6.03 Å². The van der Waals surface area contributed by atoms with Gasteiger partial charge in [-0.1, -0.05) is 0 Å². The van der Waals surface area contributed by atoms with Crippen molar-refractivity contribution in [1.29, 1.82) is 0 Å². The van der Waals surface area contributed by atoms with Gasteiger partial charge in [0.15, 0.2) is 0 Å². The molecule has 0 radical (unpaired) electrons. The van der Waals surface area contributed by atoms with Gasteiger partial charge < -0.3 is 5.73 Å². The number of benzene rings is 1. The van der Waals surface area contributed by atoms with Gasteiger partial charge in [-0.05, 0) is 43.5 Å². The summed E-state index contributed by atoms with van der Waals surface area (Å²) in [5.74, 6) is 0.277. The average molecular weight is 260 g/mol. The molecule has 0 atom stereocenters. The lowest BCUT2D eigenvalue weighted by Crippen LogP contribution is -2.22. The molecule has 0 aliphatic heterocycles. The topological polar surface area (TPSA) is 72.9 Å². The molecule has 0 fully saturated rings. The van der Waals surface area contributed by atoms with E-state index in [1.807, 2.05) is 0 Å². The first-order chi connectivity index (χ1) is 9.15. The van der Waals surface area contributed by atoms with Crippen LogP contribution in [0.4, 0.5) is 15.0 Å². The molecule has 1 aliphatic carbocycles. The van der Waals surface area contributed by atoms with Gasteiger partial charge in [-0.3, -0.25) is 5.32 Å². The summed E-state index contributed by atoms with van der Waals surface area (Å²) < 4.78 is 14.6. The Bertz CT molecular complexity index is 633. The number of aromatic nitrogens is 2. The zero-order valence-corrected chi connectivity index (χ0v) is 10.2. The van der Waals surface area contributed by atoms with Crippen LogP contribution in [0.2, 0.25) is 0 Å². The molecular weight excluding hydrogens is 247 g/mol. The highest BCUT2D eigenvalue weighted by Crippen LogP contribution is 2.30. The molecule has 0 bridgehead atoms. The number of nitrogens with one attached hydrogen (secondary N) is 1. The minimum atomic E-state index is -0.627. The molecule has 2 amide bonds. The lowest BCUT2D eigenvalue weighted by Gasteiger charge is -2.09. The number of nitrogens with two attached hydrogens (primary N) is 1. The fourth-order valence-corrected chi connectivity index (χ4v) is 2.41. The summed E-state index contributed by atoms with van der Waals surface area (Å²) >= 11 is 0. The first-order valence-electron chi connectivity index (χ1n) is 6.08. The zero-order valence-electron chi connectivity index (χ0n) is 10.2. The maximum absolute atomic E-state index is 13.0. The minimum Gasteiger partial charge on any atom is -0.351 e. The van der Waals surface area contributed by atoms with Crippen LogP contribution in [0, 0.1) is 5.82 Å². The quantitative estimate of drug-likeness (QED) is 0.866. The summed E-state index contributed by atoms with van der Waals surface area (Å²) in [7, 11) is 0. The first-order valence-corrected chi connectivity index (χ1v) is 6.08. The number of anilines is 1. The van der Waals surface area contributed by atoms with Gasteiger partial charge in [-0.2, -0.15) is 5.10 Å². The van der Waals surface area contributed by atoms with Gasteiger partial charge in [0.05, 0.1) is 11.4 Å². The van der Waals surface area contributed by atoms with Crippen LogP contribution in [-0.4, -0.2) is 15.8 Å². The molecule has 1 aromatic heterocycles. The Balaban J connectivity index is 2.10. The van der Waals surface area contributed by atoms with Crippen LogP contribution in [0.5, 0.6) is 0 Å². The van der Waals surface area contributed by atoms with Crippen LogP contribution in [0.1, 0.15) is 17.7 Å². The minimum absolute atomic E-state index is 0.312. The fourth-order valence-electron chi connectivity index (χ4n) is 2.41. The molecule has 19 heavy (non-hydrogen) atoms. The number of hydrogen-bond donors (Lipinski definition) is 2. The van der Waals surface area contributed by atoms with E-state index >= 15 is 0 Å². The molecular formula is C13H13FN4O. The third-order valence-corrected chi connectivity index (χ3v) is 3.22. The standard InChI is InChI=1S/C13H13FN4O/c14-8-4-6-9(7-5-8)18-12(16-13(15)19)10-2-1-3-11(10)17-18/h4-7H,1-3H2,(H3,15,16,19). The first kappa shape index (κ1) is 11.7. The molecule has 1 aliphatic rings. The van der Waals surface area contributed by atoms with Gasteiger partial charge in [-0.25, -0.2) is 13.9 Å². The summed E-state index contributed by atoms with van der Waals surface area (Å²) in [4.78, 5) is 11.1. The number of carbonyl (C=O) groups is 1. The monoisotopic (exact) mass is 260 g/mol. The van der Waals surface area contributed by atoms with E-state index in [2.05, 4.69) is 10.4 Å². The summed E-state index contributed by atoms with van der Waals surface area (Å²) in [6, 6.07) is 5.32. The SMILES string of the molecule is NC(=O)Nc1c2c(nn1-c1ccc(F)cc1)CCC2. The Morgan fingerprint density at radius 3 is 2.74 bits per heavy atom. The highest BCUT2D eigenvalue weighted by molar-refractivity contribution is 5.88. The van der Waals surface area contributed by atoms with E-state index in [1.54, 1.807) is 16.8 Å². The van der Waals surface area contributed by atoms with E-state index < -0.39 is 6.03 Å². The van der Waals surface area contributed by atoms with Crippen molar-refractivity contribution in [1.82, 2.24) is 9.78 Å². The van der Waals surface area contributed by atoms with Crippen molar-refractivity contribution in [3.8, 4) is 5.69 Å². The lowest BCUT2D eigenvalue weighted by atomic mass is 10.2. The molecule has 2 aromatic rings. The van der Waals surface area contributed by atoms with Crippen LogP contribution in [0.15, 0.2) is 24.3 Å². The Kier molecular flexibility index (Phi) is 2.70. The van der Waals surface area contributed by atoms with Gasteiger partial charge in [0.2, 0.25) is 0 Å². The number of carbonyl (C=O) groups excluding carboxylic acids is 1. The number of rotatable bonds is 2. The van der Waals surface area contributed by atoms with Crippen LogP contribution in [0.25, 0.3) is 5.69 Å². The van der Waals surface area contributed by atoms with Crippen LogP contribution >= 0.6 is 0 Å². The maximum Gasteiger partial charge on any atom is 0.317 e. The summed E-state index contributed by atoms with van der Waals surface area (Å²) in [5.41, 5.74) is 7.87. The van der Waals surface area contributed by atoms with Crippen molar-refractivity contribution in [2.75, 3.05) is 5.32 Å². The smallest absolute Gasteiger partial charge is 0.317 e. The number of aryl methyl sites for hydroxylation is 1. The third-order valence-electron chi connectivity index (χ3n) is 3.22. The van der Waals surface area contributed by atoms with Gasteiger partial charge in [0.1, 0.15) is 11.6 Å². The lowest BCUT2D eigenvalue weighted by molar-refractivity contribution is 0.259. The van der Waals surface area contributed by atoms with Crippen LogP contribution < -0.4 is 11.1 Å². The number of nitrogens with zero attached hydrogens (tertiary/aromatic N) is 2. The number of primary amides is 1. The highest BCUT2D eigenvalue weighted by atomic mass is 19.1. The molecule has 1 aromatic carbocycles. The zero-order chi connectivity index (χ0) is 13.4. The molecule has 3 rings (SSSR count). The molecule has 0 saturated heterocycles. The predicted molar refractivity (Wildman–Crippen MR) is 68.8 cm³/mol. The second-order valence-corrected chi connectivity index (χ2v) is 4.50. The van der Waals surface area contributed by atoms with Crippen LogP contribution in [0.3, 0.4) is 0 Å². The Morgan fingerprint density at radius 1 is 1.32 bits per heavy atom. The van der Waals surface area contributed by atoms with E-state index in [4.69, 9.17) is 5.73 Å². The molecule has 5 nitrogen and oxygen atoms in total. The van der Waals surface area contributed by atoms with E-state index in [0.29, 0.717) is 11.5 Å². The van der Waals surface area contributed by atoms with Gasteiger partial charge in [-0.15, -0.1) is 0 Å². The Morgan fingerprint density at radius 2 is 2.05 bits per heavy atom. The van der Waals surface area contributed by atoms with Crippen molar-refractivity contribution in [3.63, 3.8) is 0 Å². The van der Waals surface area contributed by atoms with E-state index in [0.717, 1.165) is 30.5 Å². The second kappa shape index (κ2) is 4.38. The van der Waals surface area contributed by atoms with E-state index in [9.17, 15) is 9.18 Å². The van der Waals surface area contributed by atoms with Crippen molar-refractivity contribution in [2.45, 2.75) is 19.3 Å². The maximum atomic E-state index is 13.0. The third kappa shape index (κ3) is 2.05. The largest absolute Gasteiger partial charge is 0.351 e. The second-order valence-electron chi connectivity index (χ2n) is 4.50. The van der Waals surface area contributed by atoms with Crippen molar-refractivity contribution in [2.24, 2.45) is 5.73 Å². The van der Waals surface area contributed by atoms with Crippen molar-refractivity contribution >= 4 is 11.8 Å². The average Bonchev–Trinajstić information content (AvgIpc) is 2.93. The molecule has 0 saturated carbocycles. The van der Waals surface area contributed by atoms with E-state index in [-0.39, 0.29) is 5.82 Å². The summed E-state index contributed by atoms with van der Waals surface area (Å²) in [6.07, 6.45) is 2.78. The van der Waals surface area contributed by atoms with E-state index in [1.165, 1.54) is 12.1 Å². The summed E-state index contributed by atoms with van der Waals surface area (Å²) in [6.45, 7) is 0. The highest BCUT2D eigenvalue weighted by Gasteiger charge is 2.23. The molecule has 6 heteroatoms. The van der Waals surface area contributed by atoms with Crippen LogP contribution in [-0.2, 0) is 12.8 Å². The van der Waals surface area contributed by atoms with Gasteiger partial charge in [0.25, 0.3) is 0 Å². The molecule has 3 N–H and O–H groups in total. The Labute approximate surface area is 109 Å². The molecule has 0 spiro atoms. The fraction of sp³-hybridized carbons (Fsp3) is 0.231. The molecule has 98 valence electrons. The number of hydrogen-bond acceptors (Lipinski definition) is 2. The normalized spacial score (nSPS) is 13.3. The Hall–Kier alpha value is -2.37. The van der Waals surface area contributed by atoms with Crippen molar-refractivity contribution in [3.05, 3.63) is 41.3 Å². The number of halogens is 1.